The standard InChI is InChI=1S/C15H13NOS2/c1-10(17)11-6-8-12(9-7-11)18-15-16-13-4-2-3-5-14(13)19-15/h2-10,17H,1H3/t10-/m1/s1. The predicted octanol–water partition coefficient (Wildman–Crippen LogP) is 4.50. The fourth-order valence-electron chi connectivity index (χ4n) is 1.81. The number of para-hydroxylation sites is 1. The highest BCUT2D eigenvalue weighted by Gasteiger charge is 2.06. The average molecular weight is 287 g/mol. The molecule has 1 atom stereocenters. The quantitative estimate of drug-likeness (QED) is 0.770. The van der Waals surface area contributed by atoms with Crippen LogP contribution < -0.4 is 0 Å². The molecule has 4 heteroatoms. The number of aromatic nitrogens is 1. The van der Waals surface area contributed by atoms with Gasteiger partial charge in [-0.1, -0.05) is 36.0 Å². The molecule has 0 saturated carbocycles. The fraction of sp³-hybridized carbons (Fsp3) is 0.133. The van der Waals surface area contributed by atoms with E-state index in [4.69, 9.17) is 0 Å². The number of thiazole rings is 1. The Morgan fingerprint density at radius 3 is 2.53 bits per heavy atom. The Morgan fingerprint density at radius 2 is 1.84 bits per heavy atom. The molecule has 0 spiro atoms. The summed E-state index contributed by atoms with van der Waals surface area (Å²) in [5.74, 6) is 0. The third-order valence-electron chi connectivity index (χ3n) is 2.84. The van der Waals surface area contributed by atoms with Crippen molar-refractivity contribution in [2.45, 2.75) is 22.3 Å². The van der Waals surface area contributed by atoms with Gasteiger partial charge in [-0.05, 0) is 36.8 Å². The van der Waals surface area contributed by atoms with Crippen LogP contribution in [-0.2, 0) is 0 Å². The summed E-state index contributed by atoms with van der Waals surface area (Å²) >= 11 is 3.36. The largest absolute Gasteiger partial charge is 0.389 e. The number of hydrogen-bond donors (Lipinski definition) is 1. The van der Waals surface area contributed by atoms with Crippen LogP contribution in [0.3, 0.4) is 0 Å². The fourth-order valence-corrected chi connectivity index (χ4v) is 3.85. The zero-order chi connectivity index (χ0) is 13.2. The van der Waals surface area contributed by atoms with Crippen molar-refractivity contribution in [2.24, 2.45) is 0 Å². The molecule has 96 valence electrons. The minimum atomic E-state index is -0.415. The molecule has 3 rings (SSSR count). The van der Waals surface area contributed by atoms with E-state index in [0.717, 1.165) is 20.3 Å². The zero-order valence-electron chi connectivity index (χ0n) is 10.4. The number of aliphatic hydroxyl groups is 1. The van der Waals surface area contributed by atoms with Crippen molar-refractivity contribution in [3.8, 4) is 0 Å². The molecule has 1 heterocycles. The van der Waals surface area contributed by atoms with Crippen molar-refractivity contribution in [1.29, 1.82) is 0 Å². The number of nitrogens with zero attached hydrogens (tertiary/aromatic N) is 1. The Kier molecular flexibility index (Phi) is 3.55. The lowest BCUT2D eigenvalue weighted by atomic mass is 10.1. The van der Waals surface area contributed by atoms with E-state index in [-0.39, 0.29) is 0 Å². The number of fused-ring (bicyclic) bond motifs is 1. The highest BCUT2D eigenvalue weighted by atomic mass is 32.2. The normalized spacial score (nSPS) is 12.7. The van der Waals surface area contributed by atoms with Crippen molar-refractivity contribution in [3.63, 3.8) is 0 Å². The Labute approximate surface area is 120 Å². The van der Waals surface area contributed by atoms with Gasteiger partial charge in [-0.25, -0.2) is 4.98 Å². The summed E-state index contributed by atoms with van der Waals surface area (Å²) in [4.78, 5) is 5.74. The number of rotatable bonds is 3. The SMILES string of the molecule is C[C@@H](O)c1ccc(Sc2nc3ccccc3s2)cc1. The predicted molar refractivity (Wildman–Crippen MR) is 80.8 cm³/mol. The van der Waals surface area contributed by atoms with E-state index in [1.54, 1.807) is 30.0 Å². The van der Waals surface area contributed by atoms with Crippen molar-refractivity contribution in [3.05, 3.63) is 54.1 Å². The van der Waals surface area contributed by atoms with E-state index in [1.807, 2.05) is 42.5 Å². The van der Waals surface area contributed by atoms with Gasteiger partial charge in [-0.15, -0.1) is 11.3 Å². The van der Waals surface area contributed by atoms with Crippen molar-refractivity contribution < 1.29 is 5.11 Å². The maximum Gasteiger partial charge on any atom is 0.155 e. The van der Waals surface area contributed by atoms with Crippen molar-refractivity contribution >= 4 is 33.3 Å². The third kappa shape index (κ3) is 2.81. The summed E-state index contributed by atoms with van der Waals surface area (Å²) in [5.41, 5.74) is 1.99. The molecule has 1 aromatic heterocycles. The first-order valence-electron chi connectivity index (χ1n) is 6.04. The van der Waals surface area contributed by atoms with Gasteiger partial charge in [-0.3, -0.25) is 0 Å². The van der Waals surface area contributed by atoms with Gasteiger partial charge >= 0.3 is 0 Å². The molecule has 0 aliphatic rings. The minimum Gasteiger partial charge on any atom is -0.389 e. The maximum absolute atomic E-state index is 9.48. The van der Waals surface area contributed by atoms with E-state index in [2.05, 4.69) is 11.1 Å². The number of aliphatic hydroxyl groups excluding tert-OH is 1. The Balaban J connectivity index is 1.84. The molecular formula is C15H13NOS2. The van der Waals surface area contributed by atoms with Crippen molar-refractivity contribution in [2.75, 3.05) is 0 Å². The molecule has 1 N–H and O–H groups in total. The molecule has 0 unspecified atom stereocenters. The molecule has 2 aromatic carbocycles. The summed E-state index contributed by atoms with van der Waals surface area (Å²) in [5, 5.41) is 9.48. The van der Waals surface area contributed by atoms with Gasteiger partial charge in [0.25, 0.3) is 0 Å². The molecule has 0 aliphatic carbocycles. The first kappa shape index (κ1) is 12.7. The average Bonchev–Trinajstić information content (AvgIpc) is 2.81. The molecule has 0 radical (unpaired) electrons. The van der Waals surface area contributed by atoms with E-state index in [1.165, 1.54) is 4.70 Å². The molecule has 0 saturated heterocycles. The molecule has 0 amide bonds. The van der Waals surface area contributed by atoms with E-state index in [0.29, 0.717) is 0 Å². The van der Waals surface area contributed by atoms with Gasteiger partial charge in [0.2, 0.25) is 0 Å². The lowest BCUT2D eigenvalue weighted by Gasteiger charge is -2.04. The molecule has 19 heavy (non-hydrogen) atoms. The van der Waals surface area contributed by atoms with Gasteiger partial charge in [0.1, 0.15) is 0 Å². The smallest absolute Gasteiger partial charge is 0.155 e. The lowest BCUT2D eigenvalue weighted by molar-refractivity contribution is 0.199. The Hall–Kier alpha value is -1.36. The van der Waals surface area contributed by atoms with Gasteiger partial charge in [0.05, 0.1) is 16.3 Å². The molecular weight excluding hydrogens is 274 g/mol. The van der Waals surface area contributed by atoms with E-state index in [9.17, 15) is 5.11 Å². The summed E-state index contributed by atoms with van der Waals surface area (Å²) in [6.45, 7) is 1.77. The summed E-state index contributed by atoms with van der Waals surface area (Å²) in [6, 6.07) is 16.1. The Bertz CT molecular complexity index is 656. The zero-order valence-corrected chi connectivity index (χ0v) is 12.0. The monoisotopic (exact) mass is 287 g/mol. The molecule has 3 aromatic rings. The van der Waals surface area contributed by atoms with Crippen LogP contribution >= 0.6 is 23.1 Å². The summed E-state index contributed by atoms with van der Waals surface area (Å²) < 4.78 is 2.26. The van der Waals surface area contributed by atoms with Crippen LogP contribution in [-0.4, -0.2) is 10.1 Å². The number of hydrogen-bond acceptors (Lipinski definition) is 4. The van der Waals surface area contributed by atoms with Crippen LogP contribution in [0.15, 0.2) is 57.8 Å². The van der Waals surface area contributed by atoms with Gasteiger partial charge in [-0.2, -0.15) is 0 Å². The van der Waals surface area contributed by atoms with Gasteiger partial charge < -0.3 is 5.11 Å². The number of benzene rings is 2. The summed E-state index contributed by atoms with van der Waals surface area (Å²) in [6.07, 6.45) is -0.415. The van der Waals surface area contributed by atoms with Crippen LogP contribution in [0.5, 0.6) is 0 Å². The van der Waals surface area contributed by atoms with Crippen LogP contribution in [0, 0.1) is 0 Å². The lowest BCUT2D eigenvalue weighted by Crippen LogP contribution is -1.89. The Morgan fingerprint density at radius 1 is 1.11 bits per heavy atom. The first-order chi connectivity index (χ1) is 9.22. The third-order valence-corrected chi connectivity index (χ3v) is 4.95. The molecule has 2 nitrogen and oxygen atoms in total. The highest BCUT2D eigenvalue weighted by Crippen LogP contribution is 2.34. The molecule has 0 bridgehead atoms. The second-order valence-electron chi connectivity index (χ2n) is 4.29. The van der Waals surface area contributed by atoms with E-state index < -0.39 is 6.10 Å². The van der Waals surface area contributed by atoms with Gasteiger partial charge in [0.15, 0.2) is 4.34 Å². The summed E-state index contributed by atoms with van der Waals surface area (Å²) in [7, 11) is 0. The van der Waals surface area contributed by atoms with E-state index >= 15 is 0 Å². The van der Waals surface area contributed by atoms with Gasteiger partial charge in [0, 0.05) is 4.90 Å². The van der Waals surface area contributed by atoms with Crippen LogP contribution in [0.25, 0.3) is 10.2 Å². The molecule has 0 fully saturated rings. The highest BCUT2D eigenvalue weighted by molar-refractivity contribution is 8.01. The second kappa shape index (κ2) is 5.33. The molecule has 0 aliphatic heterocycles. The first-order valence-corrected chi connectivity index (χ1v) is 7.67. The van der Waals surface area contributed by atoms with Crippen LogP contribution in [0.1, 0.15) is 18.6 Å². The van der Waals surface area contributed by atoms with Crippen molar-refractivity contribution in [1.82, 2.24) is 4.98 Å². The minimum absolute atomic E-state index is 0.415. The maximum atomic E-state index is 9.48. The topological polar surface area (TPSA) is 33.1 Å². The second-order valence-corrected chi connectivity index (χ2v) is 6.65. The van der Waals surface area contributed by atoms with Crippen LogP contribution in [0.2, 0.25) is 0 Å². The van der Waals surface area contributed by atoms with Crippen LogP contribution in [0.4, 0.5) is 0 Å².